The second-order valence-electron chi connectivity index (χ2n) is 7.87. The molecule has 0 saturated heterocycles. The van der Waals surface area contributed by atoms with E-state index in [2.05, 4.69) is 44.9 Å². The normalized spacial score (nSPS) is 16.4. The zero-order valence-corrected chi connectivity index (χ0v) is 14.2. The van der Waals surface area contributed by atoms with Gasteiger partial charge in [0.2, 0.25) is 0 Å². The Morgan fingerprint density at radius 3 is 2.25 bits per heavy atom. The zero-order chi connectivity index (χ0) is 15.1. The van der Waals surface area contributed by atoms with Crippen molar-refractivity contribution in [3.05, 3.63) is 16.5 Å². The van der Waals surface area contributed by atoms with E-state index in [-0.39, 0.29) is 11.0 Å². The lowest BCUT2D eigenvalue weighted by atomic mass is 9.82. The summed E-state index contributed by atoms with van der Waals surface area (Å²) in [6.07, 6.45) is 3.42. The van der Waals surface area contributed by atoms with Gasteiger partial charge in [-0.05, 0) is 45.4 Å². The van der Waals surface area contributed by atoms with Gasteiger partial charge in [-0.15, -0.1) is 0 Å². The van der Waals surface area contributed by atoms with Crippen LogP contribution in [-0.2, 0) is 0 Å². The fourth-order valence-electron chi connectivity index (χ4n) is 2.84. The second-order valence-corrected chi connectivity index (χ2v) is 8.22. The van der Waals surface area contributed by atoms with Crippen LogP contribution in [0.4, 0.5) is 5.82 Å². The van der Waals surface area contributed by atoms with Gasteiger partial charge in [0.25, 0.3) is 0 Å². The molecule has 0 spiro atoms. The summed E-state index contributed by atoms with van der Waals surface area (Å²) < 4.78 is 0. The molecule has 1 aromatic heterocycles. The third kappa shape index (κ3) is 4.08. The molecule has 0 aromatic carbocycles. The van der Waals surface area contributed by atoms with Crippen molar-refractivity contribution in [2.45, 2.75) is 72.3 Å². The molecule has 4 heteroatoms. The summed E-state index contributed by atoms with van der Waals surface area (Å²) in [7, 11) is 0. The molecule has 1 aliphatic carbocycles. The molecule has 1 aliphatic rings. The number of halogens is 1. The lowest BCUT2D eigenvalue weighted by Gasteiger charge is -2.34. The lowest BCUT2D eigenvalue weighted by molar-refractivity contribution is 0.302. The smallest absolute Gasteiger partial charge is 0.137 e. The molecule has 0 unspecified atom stereocenters. The summed E-state index contributed by atoms with van der Waals surface area (Å²) >= 11 is 6.26. The third-order valence-corrected chi connectivity index (χ3v) is 3.84. The van der Waals surface area contributed by atoms with E-state index in [0.717, 1.165) is 23.6 Å². The van der Waals surface area contributed by atoms with Crippen LogP contribution in [0.1, 0.15) is 71.2 Å². The molecule has 0 atom stereocenters. The Bertz CT molecular complexity index is 499. The second kappa shape index (κ2) is 5.18. The minimum Gasteiger partial charge on any atom is -0.365 e. The number of hydrogen-bond donors (Lipinski definition) is 1. The Labute approximate surface area is 127 Å². The zero-order valence-electron chi connectivity index (χ0n) is 13.5. The lowest BCUT2D eigenvalue weighted by Crippen LogP contribution is -2.36. The summed E-state index contributed by atoms with van der Waals surface area (Å²) in [5, 5.41) is 4.15. The van der Waals surface area contributed by atoms with Crippen LogP contribution in [0.25, 0.3) is 0 Å². The average molecular weight is 296 g/mol. The highest BCUT2D eigenvalue weighted by molar-refractivity contribution is 6.30. The first-order valence-corrected chi connectivity index (χ1v) is 7.77. The molecule has 0 amide bonds. The molecular weight excluding hydrogens is 270 g/mol. The molecule has 1 heterocycles. The molecule has 112 valence electrons. The van der Waals surface area contributed by atoms with Crippen LogP contribution >= 0.6 is 11.6 Å². The Morgan fingerprint density at radius 1 is 1.15 bits per heavy atom. The predicted molar refractivity (Wildman–Crippen MR) is 85.5 cm³/mol. The topological polar surface area (TPSA) is 37.8 Å². The molecule has 3 nitrogen and oxygen atoms in total. The van der Waals surface area contributed by atoms with E-state index < -0.39 is 0 Å². The average Bonchev–Trinajstić information content (AvgIpc) is 3.03. The Morgan fingerprint density at radius 2 is 1.75 bits per heavy atom. The summed E-state index contributed by atoms with van der Waals surface area (Å²) in [6.45, 7) is 13.2. The molecule has 1 fully saturated rings. The van der Waals surface area contributed by atoms with E-state index in [1.165, 1.54) is 12.8 Å². The van der Waals surface area contributed by atoms with Gasteiger partial charge in [0.1, 0.15) is 16.8 Å². The van der Waals surface area contributed by atoms with E-state index in [0.29, 0.717) is 11.1 Å². The molecule has 2 rings (SSSR count). The van der Waals surface area contributed by atoms with Crippen LogP contribution < -0.4 is 5.32 Å². The van der Waals surface area contributed by atoms with E-state index in [9.17, 15) is 0 Å². The number of hydrogen-bond acceptors (Lipinski definition) is 3. The first kappa shape index (κ1) is 15.6. The van der Waals surface area contributed by atoms with Gasteiger partial charge in [0.05, 0.1) is 0 Å². The van der Waals surface area contributed by atoms with Gasteiger partial charge < -0.3 is 5.32 Å². The quantitative estimate of drug-likeness (QED) is 0.799. The highest BCUT2D eigenvalue weighted by Crippen LogP contribution is 2.40. The van der Waals surface area contributed by atoms with Crippen molar-refractivity contribution in [1.29, 1.82) is 0 Å². The maximum atomic E-state index is 6.26. The standard InChI is InChI=1S/C16H26ClN3/c1-10-12(17)18-14(11-7-8-11)19-13(10)20-16(5,6)9-15(2,3)4/h11H,7-9H2,1-6H3,(H,18,19,20). The van der Waals surface area contributed by atoms with Crippen LogP contribution in [0.5, 0.6) is 0 Å². The van der Waals surface area contributed by atoms with Gasteiger partial charge in [-0.25, -0.2) is 9.97 Å². The monoisotopic (exact) mass is 295 g/mol. The Balaban J connectivity index is 2.23. The van der Waals surface area contributed by atoms with Gasteiger partial charge in [0, 0.05) is 17.0 Å². The third-order valence-electron chi connectivity index (χ3n) is 3.48. The number of rotatable bonds is 4. The van der Waals surface area contributed by atoms with Gasteiger partial charge in [-0.2, -0.15) is 0 Å². The van der Waals surface area contributed by atoms with E-state index in [1.54, 1.807) is 0 Å². The van der Waals surface area contributed by atoms with Crippen LogP contribution in [0, 0.1) is 12.3 Å². The van der Waals surface area contributed by atoms with Crippen molar-refractivity contribution in [3.63, 3.8) is 0 Å². The summed E-state index contributed by atoms with van der Waals surface area (Å²) in [4.78, 5) is 9.12. The molecule has 1 N–H and O–H groups in total. The molecule has 0 aliphatic heterocycles. The number of nitrogens with one attached hydrogen (secondary N) is 1. The maximum absolute atomic E-state index is 6.26. The summed E-state index contributed by atoms with van der Waals surface area (Å²) in [6, 6.07) is 0. The fraction of sp³-hybridized carbons (Fsp3) is 0.750. The highest BCUT2D eigenvalue weighted by atomic mass is 35.5. The highest BCUT2D eigenvalue weighted by Gasteiger charge is 2.30. The van der Waals surface area contributed by atoms with Crippen LogP contribution in [0.2, 0.25) is 5.15 Å². The fourth-order valence-corrected chi connectivity index (χ4v) is 3.02. The van der Waals surface area contributed by atoms with Crippen LogP contribution in [0.15, 0.2) is 0 Å². The first-order chi connectivity index (χ1) is 9.07. The van der Waals surface area contributed by atoms with Gasteiger partial charge in [-0.1, -0.05) is 32.4 Å². The van der Waals surface area contributed by atoms with E-state index in [4.69, 9.17) is 16.6 Å². The minimum absolute atomic E-state index is 0.0263. The van der Waals surface area contributed by atoms with Crippen molar-refractivity contribution in [1.82, 2.24) is 9.97 Å². The predicted octanol–water partition coefficient (Wildman–Crippen LogP) is 4.94. The maximum Gasteiger partial charge on any atom is 0.137 e. The van der Waals surface area contributed by atoms with Crippen LogP contribution in [-0.4, -0.2) is 15.5 Å². The van der Waals surface area contributed by atoms with E-state index >= 15 is 0 Å². The summed E-state index contributed by atoms with van der Waals surface area (Å²) in [5.41, 5.74) is 1.18. The van der Waals surface area contributed by atoms with Crippen molar-refractivity contribution >= 4 is 17.4 Å². The molecule has 0 radical (unpaired) electrons. The van der Waals surface area contributed by atoms with Crippen molar-refractivity contribution in [2.24, 2.45) is 5.41 Å². The van der Waals surface area contributed by atoms with Crippen molar-refractivity contribution in [3.8, 4) is 0 Å². The van der Waals surface area contributed by atoms with Crippen molar-refractivity contribution in [2.75, 3.05) is 5.32 Å². The molecular formula is C16H26ClN3. The summed E-state index contributed by atoms with van der Waals surface area (Å²) in [5.74, 6) is 2.30. The largest absolute Gasteiger partial charge is 0.365 e. The SMILES string of the molecule is Cc1c(Cl)nc(C2CC2)nc1NC(C)(C)CC(C)(C)C. The molecule has 0 bridgehead atoms. The van der Waals surface area contributed by atoms with Gasteiger partial charge in [-0.3, -0.25) is 0 Å². The molecule has 1 saturated carbocycles. The van der Waals surface area contributed by atoms with Crippen LogP contribution in [0.3, 0.4) is 0 Å². The molecule has 20 heavy (non-hydrogen) atoms. The molecule has 1 aromatic rings. The number of aromatic nitrogens is 2. The Hall–Kier alpha value is -0.830. The number of anilines is 1. The minimum atomic E-state index is -0.0263. The first-order valence-electron chi connectivity index (χ1n) is 7.40. The van der Waals surface area contributed by atoms with Crippen molar-refractivity contribution < 1.29 is 0 Å². The van der Waals surface area contributed by atoms with Gasteiger partial charge in [0.15, 0.2) is 0 Å². The Kier molecular flexibility index (Phi) is 4.03. The van der Waals surface area contributed by atoms with Gasteiger partial charge >= 0.3 is 0 Å². The van der Waals surface area contributed by atoms with E-state index in [1.807, 2.05) is 6.92 Å². The number of nitrogens with zero attached hydrogens (tertiary/aromatic N) is 2.